The molecule has 0 saturated heterocycles. The molecule has 4 heteroatoms. The van der Waals surface area contributed by atoms with Crippen LogP contribution >= 0.6 is 0 Å². The Hall–Kier alpha value is -0.610. The van der Waals surface area contributed by atoms with Crippen LogP contribution in [0.2, 0.25) is 0 Å². The van der Waals surface area contributed by atoms with Gasteiger partial charge in [0.15, 0.2) is 0 Å². The van der Waals surface area contributed by atoms with E-state index in [1.807, 2.05) is 13.8 Å². The lowest BCUT2D eigenvalue weighted by molar-refractivity contribution is -0.126. The lowest BCUT2D eigenvalue weighted by Crippen LogP contribution is -2.42. The van der Waals surface area contributed by atoms with Gasteiger partial charge in [-0.3, -0.25) is 4.79 Å². The summed E-state index contributed by atoms with van der Waals surface area (Å²) in [7, 11) is 0. The summed E-state index contributed by atoms with van der Waals surface area (Å²) in [6, 6.07) is 0.367. The molecule has 0 bridgehead atoms. The van der Waals surface area contributed by atoms with Crippen LogP contribution in [-0.4, -0.2) is 30.7 Å². The summed E-state index contributed by atoms with van der Waals surface area (Å²) in [5.41, 5.74) is 5.58. The summed E-state index contributed by atoms with van der Waals surface area (Å²) in [5, 5.41) is 2.98. The molecule has 0 heterocycles. The smallest absolute Gasteiger partial charge is 0.246 e. The molecule has 1 saturated carbocycles. The van der Waals surface area contributed by atoms with Crippen molar-refractivity contribution in [2.75, 3.05) is 13.2 Å². The lowest BCUT2D eigenvalue weighted by atomic mass is 10.0. The second kappa shape index (κ2) is 6.21. The minimum Gasteiger partial charge on any atom is -0.370 e. The van der Waals surface area contributed by atoms with Gasteiger partial charge in [0, 0.05) is 11.6 Å². The summed E-state index contributed by atoms with van der Waals surface area (Å²) in [5.74, 6) is -0.0150. The first kappa shape index (κ1) is 13.5. The SMILES string of the molecule is CCC(C)(N)COCC(=O)NC1CCCC1. The number of nitrogens with two attached hydrogens (primary N) is 1. The standard InChI is InChI=1S/C12H24N2O2/c1-3-12(2,13)9-16-8-11(15)14-10-6-4-5-7-10/h10H,3-9,13H2,1-2H3,(H,14,15). The van der Waals surface area contributed by atoms with Crippen LogP contribution in [0.4, 0.5) is 0 Å². The molecule has 1 aliphatic rings. The molecular weight excluding hydrogens is 204 g/mol. The van der Waals surface area contributed by atoms with Gasteiger partial charge in [-0.2, -0.15) is 0 Å². The largest absolute Gasteiger partial charge is 0.370 e. The fraction of sp³-hybridized carbons (Fsp3) is 0.917. The van der Waals surface area contributed by atoms with E-state index in [4.69, 9.17) is 10.5 Å². The number of carbonyl (C=O) groups is 1. The van der Waals surface area contributed by atoms with Crippen LogP contribution in [0.3, 0.4) is 0 Å². The van der Waals surface area contributed by atoms with Gasteiger partial charge >= 0.3 is 0 Å². The van der Waals surface area contributed by atoms with Crippen molar-refractivity contribution in [2.24, 2.45) is 5.73 Å². The second-order valence-electron chi connectivity index (χ2n) is 5.05. The number of hydrogen-bond acceptors (Lipinski definition) is 3. The molecular formula is C12H24N2O2. The molecule has 0 aliphatic heterocycles. The third-order valence-corrected chi connectivity index (χ3v) is 3.19. The maximum atomic E-state index is 11.5. The maximum absolute atomic E-state index is 11.5. The van der Waals surface area contributed by atoms with Gasteiger partial charge in [-0.15, -0.1) is 0 Å². The normalized spacial score (nSPS) is 20.7. The highest BCUT2D eigenvalue weighted by molar-refractivity contribution is 5.77. The fourth-order valence-electron chi connectivity index (χ4n) is 1.82. The molecule has 1 unspecified atom stereocenters. The highest BCUT2D eigenvalue weighted by Crippen LogP contribution is 2.17. The highest BCUT2D eigenvalue weighted by atomic mass is 16.5. The zero-order chi connectivity index (χ0) is 12.0. The van der Waals surface area contributed by atoms with E-state index >= 15 is 0 Å². The number of rotatable bonds is 6. The van der Waals surface area contributed by atoms with Gasteiger partial charge in [0.05, 0.1) is 6.61 Å². The first-order valence-electron chi connectivity index (χ1n) is 6.19. The summed E-state index contributed by atoms with van der Waals surface area (Å²) in [6.45, 7) is 4.51. The first-order chi connectivity index (χ1) is 7.53. The predicted molar refractivity (Wildman–Crippen MR) is 64.1 cm³/mol. The number of amides is 1. The molecule has 0 spiro atoms. The molecule has 0 aromatic carbocycles. The number of nitrogens with one attached hydrogen (secondary N) is 1. The Morgan fingerprint density at radius 1 is 1.50 bits per heavy atom. The van der Waals surface area contributed by atoms with E-state index < -0.39 is 0 Å². The quantitative estimate of drug-likeness (QED) is 0.717. The van der Waals surface area contributed by atoms with E-state index in [1.54, 1.807) is 0 Å². The van der Waals surface area contributed by atoms with Crippen LogP contribution in [-0.2, 0) is 9.53 Å². The third-order valence-electron chi connectivity index (χ3n) is 3.19. The molecule has 4 nitrogen and oxygen atoms in total. The van der Waals surface area contributed by atoms with Gasteiger partial charge in [0.25, 0.3) is 0 Å². The van der Waals surface area contributed by atoms with Gasteiger partial charge in [-0.05, 0) is 26.2 Å². The molecule has 1 rings (SSSR count). The molecule has 0 aromatic rings. The molecule has 94 valence electrons. The maximum Gasteiger partial charge on any atom is 0.246 e. The molecule has 16 heavy (non-hydrogen) atoms. The Balaban J connectivity index is 2.10. The minimum absolute atomic E-state index is 0.0150. The summed E-state index contributed by atoms with van der Waals surface area (Å²) < 4.78 is 5.32. The van der Waals surface area contributed by atoms with Gasteiger partial charge in [-0.25, -0.2) is 0 Å². The average Bonchev–Trinajstić information content (AvgIpc) is 2.70. The average molecular weight is 228 g/mol. The Bertz CT molecular complexity index is 223. The van der Waals surface area contributed by atoms with E-state index in [0.29, 0.717) is 12.6 Å². The van der Waals surface area contributed by atoms with Crippen LogP contribution < -0.4 is 11.1 Å². The van der Waals surface area contributed by atoms with Crippen molar-refractivity contribution in [1.29, 1.82) is 0 Å². The topological polar surface area (TPSA) is 64.3 Å². The van der Waals surface area contributed by atoms with Crippen molar-refractivity contribution in [3.63, 3.8) is 0 Å². The molecule has 1 aliphatic carbocycles. The zero-order valence-corrected chi connectivity index (χ0v) is 10.4. The van der Waals surface area contributed by atoms with E-state index in [0.717, 1.165) is 19.3 Å². The zero-order valence-electron chi connectivity index (χ0n) is 10.4. The van der Waals surface area contributed by atoms with E-state index in [2.05, 4.69) is 5.32 Å². The number of carbonyl (C=O) groups excluding carboxylic acids is 1. The summed E-state index contributed by atoms with van der Waals surface area (Å²) in [6.07, 6.45) is 5.51. The lowest BCUT2D eigenvalue weighted by Gasteiger charge is -2.22. The molecule has 0 aromatic heterocycles. The van der Waals surface area contributed by atoms with E-state index in [-0.39, 0.29) is 18.1 Å². The van der Waals surface area contributed by atoms with Crippen LogP contribution in [0, 0.1) is 0 Å². The third kappa shape index (κ3) is 4.94. The molecule has 1 amide bonds. The van der Waals surface area contributed by atoms with Gasteiger partial charge < -0.3 is 15.8 Å². The van der Waals surface area contributed by atoms with Crippen molar-refractivity contribution in [3.8, 4) is 0 Å². The van der Waals surface area contributed by atoms with E-state index in [9.17, 15) is 4.79 Å². The Labute approximate surface area is 97.9 Å². The predicted octanol–water partition coefficient (Wildman–Crippen LogP) is 1.19. The minimum atomic E-state index is -0.326. The number of hydrogen-bond donors (Lipinski definition) is 2. The fourth-order valence-corrected chi connectivity index (χ4v) is 1.82. The molecule has 1 fully saturated rings. The van der Waals surface area contributed by atoms with Gasteiger partial charge in [0.2, 0.25) is 5.91 Å². The van der Waals surface area contributed by atoms with Gasteiger partial charge in [0.1, 0.15) is 6.61 Å². The van der Waals surface area contributed by atoms with Crippen molar-refractivity contribution < 1.29 is 9.53 Å². The Kier molecular flexibility index (Phi) is 5.22. The van der Waals surface area contributed by atoms with E-state index in [1.165, 1.54) is 12.8 Å². The van der Waals surface area contributed by atoms with Crippen LogP contribution in [0.1, 0.15) is 46.0 Å². The Morgan fingerprint density at radius 3 is 2.69 bits per heavy atom. The van der Waals surface area contributed by atoms with Crippen molar-refractivity contribution >= 4 is 5.91 Å². The summed E-state index contributed by atoms with van der Waals surface area (Å²) >= 11 is 0. The van der Waals surface area contributed by atoms with Crippen molar-refractivity contribution in [3.05, 3.63) is 0 Å². The number of ether oxygens (including phenoxy) is 1. The van der Waals surface area contributed by atoms with Crippen LogP contribution in [0.25, 0.3) is 0 Å². The monoisotopic (exact) mass is 228 g/mol. The Morgan fingerprint density at radius 2 is 2.12 bits per heavy atom. The molecule has 0 radical (unpaired) electrons. The molecule has 3 N–H and O–H groups in total. The van der Waals surface area contributed by atoms with Crippen LogP contribution in [0.5, 0.6) is 0 Å². The summed E-state index contributed by atoms with van der Waals surface area (Å²) in [4.78, 5) is 11.5. The van der Waals surface area contributed by atoms with Gasteiger partial charge in [-0.1, -0.05) is 19.8 Å². The van der Waals surface area contributed by atoms with Crippen molar-refractivity contribution in [1.82, 2.24) is 5.32 Å². The van der Waals surface area contributed by atoms with Crippen molar-refractivity contribution in [2.45, 2.75) is 57.5 Å². The first-order valence-corrected chi connectivity index (χ1v) is 6.19. The highest BCUT2D eigenvalue weighted by Gasteiger charge is 2.19. The second-order valence-corrected chi connectivity index (χ2v) is 5.05. The van der Waals surface area contributed by atoms with Crippen LogP contribution in [0.15, 0.2) is 0 Å². The molecule has 1 atom stereocenters.